The molecule has 1 fully saturated rings. The van der Waals surface area contributed by atoms with Crippen LogP contribution in [0.3, 0.4) is 0 Å². The molecule has 0 amide bonds. The van der Waals surface area contributed by atoms with Crippen molar-refractivity contribution in [3.63, 3.8) is 0 Å². The van der Waals surface area contributed by atoms with Crippen LogP contribution in [0.2, 0.25) is 0 Å². The van der Waals surface area contributed by atoms with Gasteiger partial charge in [0.1, 0.15) is 0 Å². The average molecular weight is 256 g/mol. The molecule has 1 aliphatic rings. The van der Waals surface area contributed by atoms with Crippen molar-refractivity contribution in [2.24, 2.45) is 0 Å². The molecule has 0 spiro atoms. The summed E-state index contributed by atoms with van der Waals surface area (Å²) in [7, 11) is 0. The Morgan fingerprint density at radius 3 is 2.94 bits per heavy atom. The van der Waals surface area contributed by atoms with E-state index in [1.54, 1.807) is 0 Å². The number of rotatable bonds is 6. The first-order valence-electron chi connectivity index (χ1n) is 5.99. The third kappa shape index (κ3) is 3.78. The van der Waals surface area contributed by atoms with Crippen LogP contribution < -0.4 is 0 Å². The van der Waals surface area contributed by atoms with Crippen molar-refractivity contribution in [2.75, 3.05) is 19.8 Å². The lowest BCUT2D eigenvalue weighted by Gasteiger charge is -2.19. The Balaban J connectivity index is 1.76. The maximum Gasteiger partial charge on any atom is 0.303 e. The van der Waals surface area contributed by atoms with Crippen molar-refractivity contribution in [1.29, 1.82) is 0 Å². The molecular formula is C11H16N2O5. The normalized spacial score (nSPS) is 19.9. The van der Waals surface area contributed by atoms with E-state index in [2.05, 4.69) is 10.2 Å². The molecule has 1 atom stereocenters. The fourth-order valence-electron chi connectivity index (χ4n) is 1.68. The highest BCUT2D eigenvalue weighted by Crippen LogP contribution is 2.19. The largest absolute Gasteiger partial charge is 0.481 e. The maximum atomic E-state index is 10.3. The highest BCUT2D eigenvalue weighted by Gasteiger charge is 2.22. The van der Waals surface area contributed by atoms with Crippen LogP contribution in [-0.2, 0) is 20.7 Å². The van der Waals surface area contributed by atoms with Crippen molar-refractivity contribution in [2.45, 2.75) is 31.8 Å². The third-order valence-electron chi connectivity index (χ3n) is 2.61. The minimum Gasteiger partial charge on any atom is -0.481 e. The number of aromatic nitrogens is 2. The second kappa shape index (κ2) is 6.46. The molecule has 1 unspecified atom stereocenters. The first-order chi connectivity index (χ1) is 8.75. The van der Waals surface area contributed by atoms with Crippen LogP contribution in [0.5, 0.6) is 0 Å². The lowest BCUT2D eigenvalue weighted by molar-refractivity contribution is -0.137. The molecule has 0 saturated carbocycles. The molecule has 0 aromatic carbocycles. The van der Waals surface area contributed by atoms with Crippen molar-refractivity contribution < 1.29 is 23.8 Å². The lowest BCUT2D eigenvalue weighted by Crippen LogP contribution is -2.22. The summed E-state index contributed by atoms with van der Waals surface area (Å²) in [5.74, 6) is 0.168. The van der Waals surface area contributed by atoms with Gasteiger partial charge < -0.3 is 19.0 Å². The molecule has 1 aromatic rings. The molecule has 18 heavy (non-hydrogen) atoms. The van der Waals surface area contributed by atoms with Crippen LogP contribution >= 0.6 is 0 Å². The fraction of sp³-hybridized carbons (Fsp3) is 0.727. The van der Waals surface area contributed by atoms with Gasteiger partial charge >= 0.3 is 5.97 Å². The average Bonchev–Trinajstić information content (AvgIpc) is 2.84. The van der Waals surface area contributed by atoms with E-state index in [1.807, 2.05) is 0 Å². The standard InChI is InChI=1S/C11H16N2O5/c14-10(15)4-2-1-3-9-12-13-11(18-9)8-7-16-5-6-17-8/h8H,1-7H2,(H,14,15). The fourth-order valence-corrected chi connectivity index (χ4v) is 1.68. The zero-order valence-corrected chi connectivity index (χ0v) is 10.0. The molecular weight excluding hydrogens is 240 g/mol. The predicted octanol–water partition coefficient (Wildman–Crippen LogP) is 0.955. The molecule has 0 aliphatic carbocycles. The Morgan fingerprint density at radius 1 is 1.33 bits per heavy atom. The smallest absolute Gasteiger partial charge is 0.303 e. The summed E-state index contributed by atoms with van der Waals surface area (Å²) in [6, 6.07) is 0. The monoisotopic (exact) mass is 256 g/mol. The number of ether oxygens (including phenoxy) is 2. The van der Waals surface area contributed by atoms with E-state index >= 15 is 0 Å². The summed E-state index contributed by atoms with van der Waals surface area (Å²) >= 11 is 0. The molecule has 2 heterocycles. The van der Waals surface area contributed by atoms with Crippen LogP contribution in [0.25, 0.3) is 0 Å². The SMILES string of the molecule is O=C(O)CCCCc1nnc(C2COCCO2)o1. The highest BCUT2D eigenvalue weighted by atomic mass is 16.6. The van der Waals surface area contributed by atoms with Gasteiger partial charge in [-0.2, -0.15) is 0 Å². The Labute approximate surface area is 104 Å². The second-order valence-corrected chi connectivity index (χ2v) is 4.07. The van der Waals surface area contributed by atoms with E-state index in [0.29, 0.717) is 44.4 Å². The number of aryl methyl sites for hydroxylation is 1. The number of carbonyl (C=O) groups is 1. The predicted molar refractivity (Wildman–Crippen MR) is 59.0 cm³/mol. The van der Waals surface area contributed by atoms with E-state index in [9.17, 15) is 4.79 Å². The molecule has 0 bridgehead atoms. The maximum absolute atomic E-state index is 10.3. The Morgan fingerprint density at radius 2 is 2.22 bits per heavy atom. The summed E-state index contributed by atoms with van der Waals surface area (Å²) in [6.07, 6.45) is 1.81. The van der Waals surface area contributed by atoms with Gasteiger partial charge in [0.25, 0.3) is 0 Å². The van der Waals surface area contributed by atoms with Crippen LogP contribution in [0.4, 0.5) is 0 Å². The number of unbranched alkanes of at least 4 members (excludes halogenated alkanes) is 1. The summed E-state index contributed by atoms with van der Waals surface area (Å²) in [5, 5.41) is 16.3. The Hall–Kier alpha value is -1.47. The van der Waals surface area contributed by atoms with Gasteiger partial charge in [-0.1, -0.05) is 0 Å². The Bertz CT molecular complexity index is 387. The molecule has 7 nitrogen and oxygen atoms in total. The number of carboxylic acid groups (broad SMARTS) is 1. The second-order valence-electron chi connectivity index (χ2n) is 4.07. The first-order valence-corrected chi connectivity index (χ1v) is 5.99. The number of nitrogens with zero attached hydrogens (tertiary/aromatic N) is 2. The van der Waals surface area contributed by atoms with Gasteiger partial charge in [0.15, 0.2) is 6.10 Å². The van der Waals surface area contributed by atoms with Gasteiger partial charge in [-0.15, -0.1) is 10.2 Å². The third-order valence-corrected chi connectivity index (χ3v) is 2.61. The van der Waals surface area contributed by atoms with Crippen LogP contribution in [0, 0.1) is 0 Å². The molecule has 2 rings (SSSR count). The van der Waals surface area contributed by atoms with E-state index < -0.39 is 5.97 Å². The van der Waals surface area contributed by atoms with E-state index in [0.717, 1.165) is 6.42 Å². The van der Waals surface area contributed by atoms with Crippen LogP contribution in [0.1, 0.15) is 37.1 Å². The van der Waals surface area contributed by atoms with Gasteiger partial charge in [-0.25, -0.2) is 0 Å². The van der Waals surface area contributed by atoms with Crippen molar-refractivity contribution >= 4 is 5.97 Å². The van der Waals surface area contributed by atoms with Gasteiger partial charge in [0.05, 0.1) is 19.8 Å². The zero-order valence-electron chi connectivity index (χ0n) is 10.0. The minimum absolute atomic E-state index is 0.167. The number of hydrogen-bond acceptors (Lipinski definition) is 6. The quantitative estimate of drug-likeness (QED) is 0.757. The van der Waals surface area contributed by atoms with Gasteiger partial charge in [-0.05, 0) is 12.8 Å². The van der Waals surface area contributed by atoms with Gasteiger partial charge in [0.2, 0.25) is 11.8 Å². The minimum atomic E-state index is -0.783. The summed E-state index contributed by atoms with van der Waals surface area (Å²) in [6.45, 7) is 1.55. The topological polar surface area (TPSA) is 94.7 Å². The first kappa shape index (κ1) is 13.0. The van der Waals surface area contributed by atoms with Gasteiger partial charge in [-0.3, -0.25) is 4.79 Å². The zero-order chi connectivity index (χ0) is 12.8. The van der Waals surface area contributed by atoms with E-state index in [-0.39, 0.29) is 12.5 Å². The molecule has 1 N–H and O–H groups in total. The Kier molecular flexibility index (Phi) is 4.66. The van der Waals surface area contributed by atoms with E-state index in [1.165, 1.54) is 0 Å². The lowest BCUT2D eigenvalue weighted by atomic mass is 10.2. The van der Waals surface area contributed by atoms with Crippen molar-refractivity contribution in [3.05, 3.63) is 11.8 Å². The number of hydrogen-bond donors (Lipinski definition) is 1. The van der Waals surface area contributed by atoms with E-state index in [4.69, 9.17) is 19.0 Å². The summed E-state index contributed by atoms with van der Waals surface area (Å²) < 4.78 is 16.1. The number of carboxylic acids is 1. The summed E-state index contributed by atoms with van der Waals surface area (Å²) in [4.78, 5) is 10.3. The molecule has 0 radical (unpaired) electrons. The summed E-state index contributed by atoms with van der Waals surface area (Å²) in [5.41, 5.74) is 0. The van der Waals surface area contributed by atoms with Gasteiger partial charge in [0, 0.05) is 12.8 Å². The molecule has 7 heteroatoms. The molecule has 1 aliphatic heterocycles. The van der Waals surface area contributed by atoms with Crippen LogP contribution in [-0.4, -0.2) is 41.1 Å². The highest BCUT2D eigenvalue weighted by molar-refractivity contribution is 5.66. The van der Waals surface area contributed by atoms with Crippen molar-refractivity contribution in [3.8, 4) is 0 Å². The van der Waals surface area contributed by atoms with Crippen LogP contribution in [0.15, 0.2) is 4.42 Å². The van der Waals surface area contributed by atoms with Crippen molar-refractivity contribution in [1.82, 2.24) is 10.2 Å². The molecule has 100 valence electrons. The number of aliphatic carboxylic acids is 1. The molecule has 1 saturated heterocycles. The molecule has 1 aromatic heterocycles.